The van der Waals surface area contributed by atoms with Crippen LogP contribution in [0.3, 0.4) is 0 Å². The van der Waals surface area contributed by atoms with Gasteiger partial charge in [0.15, 0.2) is 0 Å². The van der Waals surface area contributed by atoms with Crippen LogP contribution in [0.25, 0.3) is 0 Å². The third kappa shape index (κ3) is 1.80. The van der Waals surface area contributed by atoms with Crippen LogP contribution >= 0.6 is 15.9 Å². The fourth-order valence-corrected chi connectivity index (χ4v) is 4.14. The molecule has 3 aliphatic rings. The molecule has 0 fully saturated rings. The number of hydrogen-bond donors (Lipinski definition) is 0. The number of anilines is 3. The summed E-state index contributed by atoms with van der Waals surface area (Å²) in [5.74, 6) is 0.998. The van der Waals surface area contributed by atoms with Gasteiger partial charge in [-0.3, -0.25) is 4.90 Å². The molecule has 0 spiro atoms. The zero-order valence-electron chi connectivity index (χ0n) is 13.2. The predicted molar refractivity (Wildman–Crippen MR) is 103 cm³/mol. The van der Waals surface area contributed by atoms with Gasteiger partial charge in [0.05, 0.1) is 17.4 Å². The van der Waals surface area contributed by atoms with Crippen molar-refractivity contribution < 1.29 is 0 Å². The van der Waals surface area contributed by atoms with Gasteiger partial charge in [-0.25, -0.2) is 4.99 Å². The summed E-state index contributed by atoms with van der Waals surface area (Å²) in [7, 11) is 0. The van der Waals surface area contributed by atoms with E-state index in [-0.39, 0.29) is 11.6 Å². The van der Waals surface area contributed by atoms with Crippen molar-refractivity contribution in [3.8, 4) is 0 Å². The average Bonchev–Trinajstić information content (AvgIpc) is 3.05. The van der Waals surface area contributed by atoms with E-state index < -0.39 is 0 Å². The fraction of sp³-hybridized carbons (Fsp3) is 0.150. The zero-order valence-corrected chi connectivity index (χ0v) is 14.8. The molecule has 0 bridgehead atoms. The molecule has 118 valence electrons. The summed E-state index contributed by atoms with van der Waals surface area (Å²) in [6, 6.07) is 17.1. The van der Waals surface area contributed by atoms with E-state index >= 15 is 0 Å². The molecule has 4 heteroatoms. The van der Waals surface area contributed by atoms with Crippen molar-refractivity contribution in [3.05, 3.63) is 77.3 Å². The monoisotopic (exact) mass is 377 g/mol. The molecule has 2 aliphatic heterocycles. The van der Waals surface area contributed by atoms with Gasteiger partial charge in [-0.1, -0.05) is 58.4 Å². The van der Waals surface area contributed by atoms with Crippen molar-refractivity contribution in [3.63, 3.8) is 0 Å². The number of allylic oxidation sites excluding steroid dienone is 2. The molecule has 0 amide bonds. The number of halogens is 1. The highest BCUT2D eigenvalue weighted by Gasteiger charge is 2.50. The molecule has 0 aromatic heterocycles. The minimum atomic E-state index is -0.225. The lowest BCUT2D eigenvalue weighted by Gasteiger charge is -2.31. The Balaban J connectivity index is 1.76. The smallest absolute Gasteiger partial charge is 0.212 e. The SMILES string of the molecule is CC12C=CC=CC1N1C(=N2)N(c2ccccc2)c2ccc(Br)cc21. The van der Waals surface area contributed by atoms with Crippen LogP contribution in [0.4, 0.5) is 17.1 Å². The van der Waals surface area contributed by atoms with Crippen LogP contribution in [0.1, 0.15) is 6.92 Å². The summed E-state index contributed by atoms with van der Waals surface area (Å²) >= 11 is 3.62. The third-order valence-electron chi connectivity index (χ3n) is 4.92. The highest BCUT2D eigenvalue weighted by atomic mass is 79.9. The van der Waals surface area contributed by atoms with Crippen molar-refractivity contribution in [1.29, 1.82) is 0 Å². The lowest BCUT2D eigenvalue weighted by atomic mass is 9.89. The number of rotatable bonds is 1. The van der Waals surface area contributed by atoms with E-state index in [0.29, 0.717) is 0 Å². The summed E-state index contributed by atoms with van der Waals surface area (Å²) in [6.07, 6.45) is 8.66. The van der Waals surface area contributed by atoms with Crippen LogP contribution in [0.5, 0.6) is 0 Å². The Morgan fingerprint density at radius 2 is 1.88 bits per heavy atom. The molecule has 0 saturated heterocycles. The van der Waals surface area contributed by atoms with Gasteiger partial charge < -0.3 is 4.90 Å². The van der Waals surface area contributed by atoms with Gasteiger partial charge in [-0.2, -0.15) is 0 Å². The molecule has 5 rings (SSSR count). The Hall–Kier alpha value is -2.33. The number of para-hydroxylation sites is 1. The first kappa shape index (κ1) is 14.1. The number of fused-ring (bicyclic) bond motifs is 5. The molecule has 0 N–H and O–H groups in total. The minimum Gasteiger partial charge on any atom is -0.300 e. The molecule has 1 aliphatic carbocycles. The molecular formula is C20H16BrN3. The number of hydrogen-bond acceptors (Lipinski definition) is 3. The van der Waals surface area contributed by atoms with E-state index in [2.05, 4.69) is 99.4 Å². The van der Waals surface area contributed by atoms with E-state index in [4.69, 9.17) is 4.99 Å². The molecule has 2 aromatic carbocycles. The fourth-order valence-electron chi connectivity index (χ4n) is 3.79. The quantitative estimate of drug-likeness (QED) is 0.693. The van der Waals surface area contributed by atoms with E-state index in [1.807, 2.05) is 6.07 Å². The third-order valence-corrected chi connectivity index (χ3v) is 5.42. The molecule has 2 unspecified atom stereocenters. The molecule has 2 atom stereocenters. The summed E-state index contributed by atoms with van der Waals surface area (Å²) in [5.41, 5.74) is 3.28. The summed E-state index contributed by atoms with van der Waals surface area (Å²) < 4.78 is 1.08. The highest BCUT2D eigenvalue weighted by Crippen LogP contribution is 2.49. The highest BCUT2D eigenvalue weighted by molar-refractivity contribution is 9.10. The standard InChI is InChI=1S/C20H16BrN3/c1-20-12-6-5-9-18(20)24-17-13-14(21)10-11-16(17)23(19(24)22-20)15-7-3-2-4-8-15/h2-13,18H,1H3. The van der Waals surface area contributed by atoms with Gasteiger partial charge in [0.25, 0.3) is 0 Å². The Labute approximate surface area is 149 Å². The van der Waals surface area contributed by atoms with E-state index in [1.54, 1.807) is 0 Å². The first-order valence-electron chi connectivity index (χ1n) is 8.07. The number of guanidine groups is 1. The second-order valence-electron chi connectivity index (χ2n) is 6.50. The van der Waals surface area contributed by atoms with Crippen LogP contribution in [0.15, 0.2) is 82.3 Å². The molecule has 2 aromatic rings. The maximum atomic E-state index is 5.12. The number of nitrogens with zero attached hydrogens (tertiary/aromatic N) is 3. The van der Waals surface area contributed by atoms with Crippen molar-refractivity contribution in [2.75, 3.05) is 9.80 Å². The normalized spacial score (nSPS) is 26.2. The maximum Gasteiger partial charge on any atom is 0.212 e. The molecule has 3 nitrogen and oxygen atoms in total. The Morgan fingerprint density at radius 1 is 1.04 bits per heavy atom. The summed E-state index contributed by atoms with van der Waals surface area (Å²) in [5, 5.41) is 0. The van der Waals surface area contributed by atoms with Crippen LogP contribution in [-0.2, 0) is 0 Å². The second-order valence-corrected chi connectivity index (χ2v) is 7.42. The summed E-state index contributed by atoms with van der Waals surface area (Å²) in [6.45, 7) is 2.20. The number of benzene rings is 2. The second kappa shape index (κ2) is 4.84. The van der Waals surface area contributed by atoms with Gasteiger partial charge in [0.2, 0.25) is 5.96 Å². The maximum absolute atomic E-state index is 5.12. The average molecular weight is 378 g/mol. The van der Waals surface area contributed by atoms with Crippen LogP contribution in [-0.4, -0.2) is 17.5 Å². The van der Waals surface area contributed by atoms with E-state index in [0.717, 1.165) is 16.1 Å². The molecule has 2 heterocycles. The lowest BCUT2D eigenvalue weighted by Crippen LogP contribution is -2.44. The predicted octanol–water partition coefficient (Wildman–Crippen LogP) is 5.03. The molecule has 0 saturated carbocycles. The van der Waals surface area contributed by atoms with Crippen molar-refractivity contribution in [2.24, 2.45) is 4.99 Å². The summed E-state index contributed by atoms with van der Waals surface area (Å²) in [4.78, 5) is 9.73. The van der Waals surface area contributed by atoms with Crippen LogP contribution < -0.4 is 9.80 Å². The van der Waals surface area contributed by atoms with Gasteiger partial charge in [-0.05, 0) is 37.3 Å². The zero-order chi connectivity index (χ0) is 16.3. The molecule has 24 heavy (non-hydrogen) atoms. The van der Waals surface area contributed by atoms with Crippen LogP contribution in [0, 0.1) is 0 Å². The van der Waals surface area contributed by atoms with Crippen LogP contribution in [0.2, 0.25) is 0 Å². The molecular weight excluding hydrogens is 362 g/mol. The van der Waals surface area contributed by atoms with Gasteiger partial charge in [0, 0.05) is 10.2 Å². The van der Waals surface area contributed by atoms with E-state index in [1.165, 1.54) is 11.4 Å². The van der Waals surface area contributed by atoms with Gasteiger partial charge in [-0.15, -0.1) is 0 Å². The minimum absolute atomic E-state index is 0.208. The van der Waals surface area contributed by atoms with E-state index in [9.17, 15) is 0 Å². The number of aliphatic imine (C=N–C) groups is 1. The lowest BCUT2D eigenvalue weighted by molar-refractivity contribution is 0.550. The Bertz CT molecular complexity index is 916. The van der Waals surface area contributed by atoms with Gasteiger partial charge in [0.1, 0.15) is 5.54 Å². The molecule has 0 radical (unpaired) electrons. The van der Waals surface area contributed by atoms with Crippen molar-refractivity contribution in [2.45, 2.75) is 18.5 Å². The Morgan fingerprint density at radius 3 is 2.71 bits per heavy atom. The Kier molecular flexibility index (Phi) is 2.83. The first-order chi connectivity index (χ1) is 11.7. The first-order valence-corrected chi connectivity index (χ1v) is 8.86. The van der Waals surface area contributed by atoms with Crippen molar-refractivity contribution >= 4 is 39.0 Å². The largest absolute Gasteiger partial charge is 0.300 e. The van der Waals surface area contributed by atoms with Crippen molar-refractivity contribution in [1.82, 2.24) is 0 Å². The topological polar surface area (TPSA) is 18.8 Å². The van der Waals surface area contributed by atoms with Gasteiger partial charge >= 0.3 is 0 Å².